The summed E-state index contributed by atoms with van der Waals surface area (Å²) in [6.45, 7) is 1.18. The van der Waals surface area contributed by atoms with Gasteiger partial charge in [0.15, 0.2) is 0 Å². The van der Waals surface area contributed by atoms with Gasteiger partial charge < -0.3 is 15.5 Å². The molecule has 0 spiro atoms. The Morgan fingerprint density at radius 2 is 1.88 bits per heavy atom. The minimum absolute atomic E-state index is 0.191. The molecule has 0 radical (unpaired) electrons. The van der Waals surface area contributed by atoms with Gasteiger partial charge in [0.2, 0.25) is 5.91 Å². The number of nitrogens with zero attached hydrogens (tertiary/aromatic N) is 3. The number of hydrogen-bond acceptors (Lipinski definition) is 4. The molecule has 3 amide bonds. The average molecular weight is 376 g/mol. The van der Waals surface area contributed by atoms with Crippen LogP contribution in [0.5, 0.6) is 0 Å². The van der Waals surface area contributed by atoms with Gasteiger partial charge in [-0.3, -0.25) is 14.4 Å². The summed E-state index contributed by atoms with van der Waals surface area (Å²) in [4.78, 5) is 37.8. The van der Waals surface area contributed by atoms with Crippen molar-refractivity contribution in [2.75, 3.05) is 25.0 Å². The Labute approximate surface area is 155 Å². The predicted octanol–water partition coefficient (Wildman–Crippen LogP) is 1.20. The SMILES string of the molecule is O=C(NCC(=O)N1CCCC1)C(=O)Nc1cccc(Cl)c1-n1cccn1. The lowest BCUT2D eigenvalue weighted by atomic mass is 10.2. The number of para-hydroxylation sites is 1. The highest BCUT2D eigenvalue weighted by Crippen LogP contribution is 2.27. The van der Waals surface area contributed by atoms with Crippen LogP contribution in [-0.2, 0) is 14.4 Å². The lowest BCUT2D eigenvalue weighted by Crippen LogP contribution is -2.42. The van der Waals surface area contributed by atoms with Gasteiger partial charge in [-0.15, -0.1) is 0 Å². The second kappa shape index (κ2) is 8.01. The predicted molar refractivity (Wildman–Crippen MR) is 96.0 cm³/mol. The maximum atomic E-state index is 12.2. The zero-order chi connectivity index (χ0) is 18.5. The lowest BCUT2D eigenvalue weighted by Gasteiger charge is -2.15. The molecule has 1 aliphatic rings. The number of likely N-dealkylation sites (tertiary alicyclic amines) is 1. The summed E-state index contributed by atoms with van der Waals surface area (Å²) >= 11 is 6.20. The smallest absolute Gasteiger partial charge is 0.313 e. The third kappa shape index (κ3) is 4.02. The van der Waals surface area contributed by atoms with Gasteiger partial charge in [-0.25, -0.2) is 4.68 Å². The van der Waals surface area contributed by atoms with Crippen LogP contribution < -0.4 is 10.6 Å². The summed E-state index contributed by atoms with van der Waals surface area (Å²) in [5, 5.41) is 9.33. The first-order chi connectivity index (χ1) is 12.6. The summed E-state index contributed by atoms with van der Waals surface area (Å²) < 4.78 is 1.49. The number of rotatable bonds is 4. The number of halogens is 1. The number of nitrogens with one attached hydrogen (secondary N) is 2. The van der Waals surface area contributed by atoms with Gasteiger partial charge in [0.1, 0.15) is 5.69 Å². The molecule has 0 atom stereocenters. The Kier molecular flexibility index (Phi) is 5.52. The summed E-state index contributed by atoms with van der Waals surface area (Å²) in [7, 11) is 0. The fraction of sp³-hybridized carbons (Fsp3) is 0.294. The van der Waals surface area contributed by atoms with Crippen molar-refractivity contribution in [2.45, 2.75) is 12.8 Å². The molecule has 0 aliphatic carbocycles. The summed E-state index contributed by atoms with van der Waals surface area (Å²) in [6, 6.07) is 6.64. The number of hydrogen-bond donors (Lipinski definition) is 2. The Morgan fingerprint density at radius 3 is 2.58 bits per heavy atom. The summed E-state index contributed by atoms with van der Waals surface area (Å²) in [5.74, 6) is -1.96. The van der Waals surface area contributed by atoms with Crippen molar-refractivity contribution in [1.82, 2.24) is 20.0 Å². The molecule has 1 fully saturated rings. The molecule has 0 unspecified atom stereocenters. The number of carbonyl (C=O) groups excluding carboxylic acids is 3. The Morgan fingerprint density at radius 1 is 1.12 bits per heavy atom. The van der Waals surface area contributed by atoms with Crippen molar-refractivity contribution in [2.24, 2.45) is 0 Å². The standard InChI is InChI=1S/C17H18ClN5O3/c18-12-5-3-6-13(15(12)23-10-4-7-20-23)21-17(26)16(25)19-11-14(24)22-8-1-2-9-22/h3-7,10H,1-2,8-9,11H2,(H,19,25)(H,21,26). The van der Waals surface area contributed by atoms with Crippen LogP contribution in [0.25, 0.3) is 5.69 Å². The highest BCUT2D eigenvalue weighted by atomic mass is 35.5. The van der Waals surface area contributed by atoms with E-state index >= 15 is 0 Å². The van der Waals surface area contributed by atoms with Crippen molar-refractivity contribution in [3.05, 3.63) is 41.7 Å². The van der Waals surface area contributed by atoms with E-state index in [9.17, 15) is 14.4 Å². The Balaban J connectivity index is 1.63. The third-order valence-electron chi connectivity index (χ3n) is 4.03. The van der Waals surface area contributed by atoms with Crippen molar-refractivity contribution < 1.29 is 14.4 Å². The highest BCUT2D eigenvalue weighted by molar-refractivity contribution is 6.40. The van der Waals surface area contributed by atoms with Crippen LogP contribution in [0.2, 0.25) is 5.02 Å². The Hall–Kier alpha value is -2.87. The molecule has 1 saturated heterocycles. The highest BCUT2D eigenvalue weighted by Gasteiger charge is 2.21. The zero-order valence-electron chi connectivity index (χ0n) is 13.9. The number of carbonyl (C=O) groups is 3. The van der Waals surface area contributed by atoms with E-state index in [0.717, 1.165) is 12.8 Å². The van der Waals surface area contributed by atoms with Crippen molar-refractivity contribution in [3.8, 4) is 5.69 Å². The number of aromatic nitrogens is 2. The molecule has 1 aromatic heterocycles. The first kappa shape index (κ1) is 17.9. The van der Waals surface area contributed by atoms with Crippen LogP contribution in [0.3, 0.4) is 0 Å². The van der Waals surface area contributed by atoms with E-state index in [2.05, 4.69) is 15.7 Å². The molecule has 8 nitrogen and oxygen atoms in total. The monoisotopic (exact) mass is 375 g/mol. The van der Waals surface area contributed by atoms with Gasteiger partial charge in [-0.05, 0) is 31.0 Å². The minimum Gasteiger partial charge on any atom is -0.341 e. The molecule has 0 bridgehead atoms. The van der Waals surface area contributed by atoms with Gasteiger partial charge >= 0.3 is 11.8 Å². The van der Waals surface area contributed by atoms with Crippen molar-refractivity contribution in [1.29, 1.82) is 0 Å². The second-order valence-electron chi connectivity index (χ2n) is 5.81. The Bertz CT molecular complexity index is 816. The van der Waals surface area contributed by atoms with Crippen LogP contribution in [0.15, 0.2) is 36.7 Å². The summed E-state index contributed by atoms with van der Waals surface area (Å²) in [5.41, 5.74) is 0.792. The topological polar surface area (TPSA) is 96.3 Å². The molecule has 0 saturated carbocycles. The lowest BCUT2D eigenvalue weighted by molar-refractivity contribution is -0.138. The molecule has 136 valence electrons. The molecular weight excluding hydrogens is 358 g/mol. The average Bonchev–Trinajstić information content (AvgIpc) is 3.33. The molecular formula is C17H18ClN5O3. The molecule has 1 aromatic carbocycles. The molecule has 2 heterocycles. The molecule has 9 heteroatoms. The largest absolute Gasteiger partial charge is 0.341 e. The number of anilines is 1. The zero-order valence-corrected chi connectivity index (χ0v) is 14.7. The maximum absolute atomic E-state index is 12.2. The van der Waals surface area contributed by atoms with Gasteiger partial charge in [-0.2, -0.15) is 5.10 Å². The maximum Gasteiger partial charge on any atom is 0.313 e. The fourth-order valence-electron chi connectivity index (χ4n) is 2.74. The molecule has 2 aromatic rings. The van der Waals surface area contributed by atoms with E-state index in [0.29, 0.717) is 29.5 Å². The van der Waals surface area contributed by atoms with E-state index in [1.54, 1.807) is 41.6 Å². The third-order valence-corrected chi connectivity index (χ3v) is 4.34. The van der Waals surface area contributed by atoms with E-state index < -0.39 is 11.8 Å². The minimum atomic E-state index is -0.885. The number of benzene rings is 1. The van der Waals surface area contributed by atoms with Crippen LogP contribution in [0, 0.1) is 0 Å². The summed E-state index contributed by atoms with van der Waals surface area (Å²) in [6.07, 6.45) is 5.17. The normalized spacial score (nSPS) is 13.5. The van der Waals surface area contributed by atoms with Gasteiger partial charge in [0, 0.05) is 25.5 Å². The first-order valence-corrected chi connectivity index (χ1v) is 8.59. The van der Waals surface area contributed by atoms with Gasteiger partial charge in [0.25, 0.3) is 0 Å². The van der Waals surface area contributed by atoms with E-state index in [1.165, 1.54) is 4.68 Å². The van der Waals surface area contributed by atoms with Gasteiger partial charge in [-0.1, -0.05) is 17.7 Å². The van der Waals surface area contributed by atoms with Crippen LogP contribution in [-0.4, -0.2) is 52.0 Å². The van der Waals surface area contributed by atoms with Crippen molar-refractivity contribution >= 4 is 35.0 Å². The van der Waals surface area contributed by atoms with Crippen LogP contribution >= 0.6 is 11.6 Å². The van der Waals surface area contributed by atoms with Crippen LogP contribution in [0.1, 0.15) is 12.8 Å². The molecule has 1 aliphatic heterocycles. The second-order valence-corrected chi connectivity index (χ2v) is 6.22. The van der Waals surface area contributed by atoms with Gasteiger partial charge in [0.05, 0.1) is 17.3 Å². The van der Waals surface area contributed by atoms with E-state index in [4.69, 9.17) is 11.6 Å². The fourth-order valence-corrected chi connectivity index (χ4v) is 3.00. The van der Waals surface area contributed by atoms with E-state index in [-0.39, 0.29) is 12.5 Å². The van der Waals surface area contributed by atoms with Crippen LogP contribution in [0.4, 0.5) is 5.69 Å². The number of amides is 3. The van der Waals surface area contributed by atoms with E-state index in [1.807, 2.05) is 0 Å². The quantitative estimate of drug-likeness (QED) is 0.785. The molecule has 26 heavy (non-hydrogen) atoms. The molecule has 3 rings (SSSR count). The molecule has 2 N–H and O–H groups in total. The first-order valence-electron chi connectivity index (χ1n) is 8.22. The van der Waals surface area contributed by atoms with Crippen molar-refractivity contribution in [3.63, 3.8) is 0 Å².